The quantitative estimate of drug-likeness (QED) is 0.810. The first-order chi connectivity index (χ1) is 8.65. The van der Waals surface area contributed by atoms with Crippen LogP contribution in [-0.2, 0) is 6.54 Å². The molecule has 1 aromatic heterocycles. The maximum absolute atomic E-state index is 13.2. The molecule has 4 heteroatoms. The Balaban J connectivity index is 1.93. The summed E-state index contributed by atoms with van der Waals surface area (Å²) in [6.07, 6.45) is 4.62. The molecular weight excluding hydrogens is 231 g/mol. The first-order valence-electron chi connectivity index (χ1n) is 6.65. The summed E-state index contributed by atoms with van der Waals surface area (Å²) < 4.78 is 18.8. The molecule has 1 fully saturated rings. The number of pyridine rings is 1. The van der Waals surface area contributed by atoms with Gasteiger partial charge < -0.3 is 10.1 Å². The van der Waals surface area contributed by atoms with E-state index >= 15 is 0 Å². The predicted octanol–water partition coefficient (Wildman–Crippen LogP) is 2.90. The van der Waals surface area contributed by atoms with E-state index in [1.807, 2.05) is 0 Å². The van der Waals surface area contributed by atoms with Crippen molar-refractivity contribution in [2.24, 2.45) is 5.92 Å². The summed E-state index contributed by atoms with van der Waals surface area (Å²) in [6.45, 7) is 5.56. The van der Waals surface area contributed by atoms with Gasteiger partial charge in [-0.05, 0) is 31.2 Å². The number of hydrogen-bond acceptors (Lipinski definition) is 3. The van der Waals surface area contributed by atoms with Crippen LogP contribution in [0.3, 0.4) is 0 Å². The topological polar surface area (TPSA) is 34.1 Å². The number of ether oxygens (including phenoxy) is 1. The Labute approximate surface area is 108 Å². The van der Waals surface area contributed by atoms with E-state index in [9.17, 15) is 4.39 Å². The third-order valence-corrected chi connectivity index (χ3v) is 2.98. The van der Waals surface area contributed by atoms with Crippen LogP contribution in [0.2, 0.25) is 0 Å². The third kappa shape index (κ3) is 4.26. The average molecular weight is 252 g/mol. The van der Waals surface area contributed by atoms with Gasteiger partial charge >= 0.3 is 0 Å². The lowest BCUT2D eigenvalue weighted by Crippen LogP contribution is -2.17. The summed E-state index contributed by atoms with van der Waals surface area (Å²) in [5, 5.41) is 3.35. The summed E-state index contributed by atoms with van der Waals surface area (Å²) in [5.74, 6) is 0.850. The lowest BCUT2D eigenvalue weighted by atomic mass is 10.1. The van der Waals surface area contributed by atoms with Crippen molar-refractivity contribution in [1.29, 1.82) is 0 Å². The smallest absolute Gasteiger partial charge is 0.218 e. The minimum absolute atomic E-state index is 0.307. The number of nitrogens with zero attached hydrogens (tertiary/aromatic N) is 1. The zero-order valence-corrected chi connectivity index (χ0v) is 11.1. The van der Waals surface area contributed by atoms with Crippen molar-refractivity contribution < 1.29 is 9.13 Å². The summed E-state index contributed by atoms with van der Waals surface area (Å²) >= 11 is 0. The highest BCUT2D eigenvalue weighted by molar-refractivity contribution is 5.26. The molecule has 0 amide bonds. The van der Waals surface area contributed by atoms with E-state index in [1.165, 1.54) is 25.1 Å². The largest absolute Gasteiger partial charge is 0.477 e. The fourth-order valence-corrected chi connectivity index (χ4v) is 1.66. The van der Waals surface area contributed by atoms with Gasteiger partial charge in [0, 0.05) is 18.2 Å². The molecule has 2 rings (SSSR count). The highest BCUT2D eigenvalue weighted by atomic mass is 19.1. The van der Waals surface area contributed by atoms with Crippen molar-refractivity contribution in [3.05, 3.63) is 23.6 Å². The monoisotopic (exact) mass is 252 g/mol. The van der Waals surface area contributed by atoms with Crippen LogP contribution in [0.15, 0.2) is 12.3 Å². The van der Waals surface area contributed by atoms with Gasteiger partial charge in [0.25, 0.3) is 0 Å². The maximum Gasteiger partial charge on any atom is 0.218 e. The normalized spacial score (nSPS) is 15.1. The Bertz CT molecular complexity index is 391. The van der Waals surface area contributed by atoms with E-state index < -0.39 is 0 Å². The number of hydrogen-bond donors (Lipinski definition) is 1. The van der Waals surface area contributed by atoms with Gasteiger partial charge in [-0.2, -0.15) is 0 Å². The Morgan fingerprint density at radius 1 is 1.50 bits per heavy atom. The molecule has 1 heterocycles. The van der Waals surface area contributed by atoms with Gasteiger partial charge in [0.05, 0.1) is 12.8 Å². The Morgan fingerprint density at radius 3 is 2.94 bits per heavy atom. The maximum atomic E-state index is 13.2. The van der Waals surface area contributed by atoms with Gasteiger partial charge in [-0.15, -0.1) is 0 Å². The molecule has 0 aromatic carbocycles. The molecule has 1 saturated carbocycles. The van der Waals surface area contributed by atoms with Crippen LogP contribution in [0, 0.1) is 11.7 Å². The number of aromatic nitrogens is 1. The molecule has 0 bridgehead atoms. The average Bonchev–Trinajstić information content (AvgIpc) is 3.12. The van der Waals surface area contributed by atoms with Gasteiger partial charge in [0.15, 0.2) is 0 Å². The first-order valence-corrected chi connectivity index (χ1v) is 6.65. The van der Waals surface area contributed by atoms with E-state index in [0.717, 1.165) is 12.0 Å². The highest BCUT2D eigenvalue weighted by Gasteiger charge is 2.21. The van der Waals surface area contributed by atoms with Gasteiger partial charge in [-0.3, -0.25) is 0 Å². The van der Waals surface area contributed by atoms with E-state index in [0.29, 0.717) is 31.0 Å². The number of halogens is 1. The standard InChI is InChI=1S/C14H21FN2O/c1-10(2)5-6-18-14-11(7-12(15)9-17-14)8-16-13-3-4-13/h7,9-10,13,16H,3-6,8H2,1-2H3. The number of rotatable bonds is 7. The highest BCUT2D eigenvalue weighted by Crippen LogP contribution is 2.22. The van der Waals surface area contributed by atoms with E-state index in [2.05, 4.69) is 24.1 Å². The molecule has 1 aromatic rings. The van der Waals surface area contributed by atoms with Crippen LogP contribution < -0.4 is 10.1 Å². The molecule has 0 saturated heterocycles. The Morgan fingerprint density at radius 2 is 2.28 bits per heavy atom. The van der Waals surface area contributed by atoms with Crippen LogP contribution in [0.5, 0.6) is 5.88 Å². The van der Waals surface area contributed by atoms with E-state index in [4.69, 9.17) is 4.74 Å². The molecule has 1 aliphatic carbocycles. The summed E-state index contributed by atoms with van der Waals surface area (Å²) in [6, 6.07) is 2.10. The summed E-state index contributed by atoms with van der Waals surface area (Å²) in [4.78, 5) is 4.04. The number of nitrogens with one attached hydrogen (secondary N) is 1. The second-order valence-corrected chi connectivity index (χ2v) is 5.30. The second kappa shape index (κ2) is 6.14. The predicted molar refractivity (Wildman–Crippen MR) is 69.0 cm³/mol. The second-order valence-electron chi connectivity index (χ2n) is 5.30. The Kier molecular flexibility index (Phi) is 4.53. The van der Waals surface area contributed by atoms with Crippen LogP contribution in [-0.4, -0.2) is 17.6 Å². The fourth-order valence-electron chi connectivity index (χ4n) is 1.66. The van der Waals surface area contributed by atoms with Gasteiger partial charge in [0.2, 0.25) is 5.88 Å². The van der Waals surface area contributed by atoms with Crippen molar-refractivity contribution in [3.63, 3.8) is 0 Å². The van der Waals surface area contributed by atoms with E-state index in [1.54, 1.807) is 0 Å². The molecule has 100 valence electrons. The van der Waals surface area contributed by atoms with Crippen molar-refractivity contribution >= 4 is 0 Å². The molecule has 0 radical (unpaired) electrons. The molecular formula is C14H21FN2O. The lowest BCUT2D eigenvalue weighted by Gasteiger charge is -2.12. The SMILES string of the molecule is CC(C)CCOc1ncc(F)cc1CNC1CC1. The zero-order chi connectivity index (χ0) is 13.0. The third-order valence-electron chi connectivity index (χ3n) is 2.98. The molecule has 1 aliphatic rings. The molecule has 3 nitrogen and oxygen atoms in total. The summed E-state index contributed by atoms with van der Waals surface area (Å²) in [7, 11) is 0. The van der Waals surface area contributed by atoms with E-state index in [-0.39, 0.29) is 5.82 Å². The zero-order valence-electron chi connectivity index (χ0n) is 11.1. The van der Waals surface area contributed by atoms with Crippen molar-refractivity contribution in [2.45, 2.75) is 45.7 Å². The van der Waals surface area contributed by atoms with Crippen molar-refractivity contribution in [1.82, 2.24) is 10.3 Å². The minimum Gasteiger partial charge on any atom is -0.477 e. The molecule has 0 atom stereocenters. The Hall–Kier alpha value is -1.16. The van der Waals surface area contributed by atoms with Crippen molar-refractivity contribution in [3.8, 4) is 5.88 Å². The van der Waals surface area contributed by atoms with Gasteiger partial charge in [0.1, 0.15) is 5.82 Å². The fraction of sp³-hybridized carbons (Fsp3) is 0.643. The molecule has 0 aliphatic heterocycles. The minimum atomic E-state index is -0.307. The van der Waals surface area contributed by atoms with Crippen LogP contribution in [0.1, 0.15) is 38.7 Å². The molecule has 0 unspecified atom stereocenters. The molecule has 18 heavy (non-hydrogen) atoms. The van der Waals surface area contributed by atoms with Crippen LogP contribution in [0.4, 0.5) is 4.39 Å². The van der Waals surface area contributed by atoms with Crippen molar-refractivity contribution in [2.75, 3.05) is 6.61 Å². The lowest BCUT2D eigenvalue weighted by molar-refractivity contribution is 0.275. The molecule has 0 spiro atoms. The molecule has 1 N–H and O–H groups in total. The van der Waals surface area contributed by atoms with Crippen LogP contribution in [0.25, 0.3) is 0 Å². The van der Waals surface area contributed by atoms with Gasteiger partial charge in [-0.25, -0.2) is 9.37 Å². The van der Waals surface area contributed by atoms with Crippen LogP contribution >= 0.6 is 0 Å². The first kappa shape index (κ1) is 13.3. The van der Waals surface area contributed by atoms with Gasteiger partial charge in [-0.1, -0.05) is 13.8 Å². The summed E-state index contributed by atoms with van der Waals surface area (Å²) in [5.41, 5.74) is 0.811.